The van der Waals surface area contributed by atoms with Crippen LogP contribution in [-0.2, 0) is 0 Å². The quantitative estimate of drug-likeness (QED) is 0.235. The maximum absolute atomic E-state index is 10.6. The Morgan fingerprint density at radius 3 is 2.40 bits per heavy atom. The Labute approximate surface area is 159 Å². The van der Waals surface area contributed by atoms with Gasteiger partial charge in [-0.05, 0) is 48.9 Å². The highest BCUT2D eigenvalue weighted by atomic mass is 32.1. The van der Waals surface area contributed by atoms with E-state index in [9.17, 15) is 10.1 Å². The van der Waals surface area contributed by atoms with E-state index in [1.54, 1.807) is 12.1 Å². The minimum atomic E-state index is -0.449. The van der Waals surface area contributed by atoms with Crippen LogP contribution in [0.3, 0.4) is 0 Å². The fourth-order valence-electron chi connectivity index (χ4n) is 2.10. The lowest BCUT2D eigenvalue weighted by atomic mass is 10.0. The van der Waals surface area contributed by atoms with Gasteiger partial charge in [0, 0.05) is 24.4 Å². The van der Waals surface area contributed by atoms with Crippen molar-refractivity contribution in [3.8, 4) is 0 Å². The van der Waals surface area contributed by atoms with Crippen LogP contribution < -0.4 is 21.5 Å². The molecule has 1 aromatic carbocycles. The minimum Gasteiger partial charge on any atom is -0.361 e. The van der Waals surface area contributed by atoms with Crippen LogP contribution in [0.1, 0.15) is 39.5 Å². The zero-order valence-corrected chi connectivity index (χ0v) is 16.1. The van der Waals surface area contributed by atoms with Crippen molar-refractivity contribution in [1.29, 1.82) is 0 Å². The molecule has 0 saturated carbocycles. The summed E-state index contributed by atoms with van der Waals surface area (Å²) in [6, 6.07) is 5.98. The second-order valence-electron chi connectivity index (χ2n) is 5.82. The Bertz CT molecular complexity index is 580. The summed E-state index contributed by atoms with van der Waals surface area (Å²) in [5.41, 5.74) is 6.27. The highest BCUT2D eigenvalue weighted by Crippen LogP contribution is 2.15. The molecular formula is C16H25N5O2S2. The highest BCUT2D eigenvalue weighted by Gasteiger charge is 2.06. The number of non-ortho nitro benzene ring substituents is 1. The summed E-state index contributed by atoms with van der Waals surface area (Å²) in [6.07, 6.45) is 4.90. The molecule has 0 unspecified atom stereocenters. The van der Waals surface area contributed by atoms with Crippen molar-refractivity contribution in [3.63, 3.8) is 0 Å². The molecule has 9 heteroatoms. The predicted molar refractivity (Wildman–Crippen MR) is 109 cm³/mol. The average molecular weight is 384 g/mol. The molecule has 0 aliphatic rings. The number of thiocarbonyl (C=S) groups is 2. The number of benzene rings is 1. The van der Waals surface area contributed by atoms with Gasteiger partial charge < -0.3 is 10.6 Å². The van der Waals surface area contributed by atoms with Gasteiger partial charge in [-0.3, -0.25) is 21.0 Å². The summed E-state index contributed by atoms with van der Waals surface area (Å²) in [5, 5.41) is 17.4. The molecule has 25 heavy (non-hydrogen) atoms. The normalized spacial score (nSPS) is 11.3. The lowest BCUT2D eigenvalue weighted by molar-refractivity contribution is -0.384. The first kappa shape index (κ1) is 21.0. The molecule has 1 atom stereocenters. The number of rotatable bonds is 8. The number of hydrogen-bond donors (Lipinski definition) is 4. The first-order chi connectivity index (χ1) is 11.9. The van der Waals surface area contributed by atoms with Gasteiger partial charge >= 0.3 is 0 Å². The second-order valence-corrected chi connectivity index (χ2v) is 6.64. The molecule has 0 aliphatic carbocycles. The van der Waals surface area contributed by atoms with Crippen LogP contribution in [0, 0.1) is 16.0 Å². The first-order valence-electron chi connectivity index (χ1n) is 8.27. The van der Waals surface area contributed by atoms with Gasteiger partial charge in [-0.25, -0.2) is 0 Å². The third kappa shape index (κ3) is 9.16. The van der Waals surface area contributed by atoms with Gasteiger partial charge in [0.2, 0.25) is 0 Å². The Kier molecular flexibility index (Phi) is 9.71. The zero-order valence-electron chi connectivity index (χ0n) is 14.5. The van der Waals surface area contributed by atoms with Crippen LogP contribution in [0.25, 0.3) is 0 Å². The molecule has 0 aromatic heterocycles. The third-order valence-electron chi connectivity index (χ3n) is 3.54. The second kappa shape index (κ2) is 11.5. The molecule has 0 saturated heterocycles. The molecule has 138 valence electrons. The molecule has 0 radical (unpaired) electrons. The van der Waals surface area contributed by atoms with Gasteiger partial charge in [0.05, 0.1) is 4.92 Å². The number of anilines is 1. The summed E-state index contributed by atoms with van der Waals surface area (Å²) in [5.74, 6) is 0.552. The molecule has 0 heterocycles. The smallest absolute Gasteiger partial charge is 0.269 e. The van der Waals surface area contributed by atoms with Gasteiger partial charge in [-0.2, -0.15) is 0 Å². The molecular weight excluding hydrogens is 358 g/mol. The molecule has 0 aliphatic heterocycles. The van der Waals surface area contributed by atoms with E-state index in [0.717, 1.165) is 6.54 Å². The van der Waals surface area contributed by atoms with Crippen molar-refractivity contribution in [2.24, 2.45) is 5.92 Å². The number of unbranched alkanes of at least 4 members (excludes halogenated alkanes) is 2. The average Bonchev–Trinajstić information content (AvgIpc) is 2.59. The van der Waals surface area contributed by atoms with Gasteiger partial charge in [0.1, 0.15) is 0 Å². The maximum Gasteiger partial charge on any atom is 0.269 e. The van der Waals surface area contributed by atoms with E-state index in [-0.39, 0.29) is 5.69 Å². The molecule has 0 bridgehead atoms. The van der Waals surface area contributed by atoms with Crippen molar-refractivity contribution >= 4 is 46.0 Å². The lowest BCUT2D eigenvalue weighted by Crippen LogP contribution is -2.48. The van der Waals surface area contributed by atoms with Gasteiger partial charge in [0.25, 0.3) is 5.69 Å². The lowest BCUT2D eigenvalue weighted by Gasteiger charge is -2.16. The molecule has 0 amide bonds. The molecule has 7 nitrogen and oxygen atoms in total. The van der Waals surface area contributed by atoms with Gasteiger partial charge in [-0.1, -0.05) is 33.1 Å². The van der Waals surface area contributed by atoms with E-state index in [4.69, 9.17) is 24.4 Å². The summed E-state index contributed by atoms with van der Waals surface area (Å²) in [4.78, 5) is 10.2. The topological polar surface area (TPSA) is 91.3 Å². The van der Waals surface area contributed by atoms with Crippen molar-refractivity contribution in [1.82, 2.24) is 16.2 Å². The van der Waals surface area contributed by atoms with E-state index in [1.165, 1.54) is 37.8 Å². The van der Waals surface area contributed by atoms with Crippen LogP contribution in [0.2, 0.25) is 0 Å². The van der Waals surface area contributed by atoms with Gasteiger partial charge in [0.15, 0.2) is 10.2 Å². The van der Waals surface area contributed by atoms with Crippen molar-refractivity contribution in [2.75, 3.05) is 11.9 Å². The van der Waals surface area contributed by atoms with E-state index < -0.39 is 4.92 Å². The predicted octanol–water partition coefficient (Wildman–Crippen LogP) is 3.48. The van der Waals surface area contributed by atoms with Crippen molar-refractivity contribution < 1.29 is 4.92 Å². The number of nitro benzene ring substituents is 1. The van der Waals surface area contributed by atoms with Crippen LogP contribution in [0.15, 0.2) is 24.3 Å². The monoisotopic (exact) mass is 383 g/mol. The minimum absolute atomic E-state index is 0.0287. The van der Waals surface area contributed by atoms with E-state index in [0.29, 0.717) is 21.8 Å². The number of nitro groups is 1. The van der Waals surface area contributed by atoms with Crippen LogP contribution >= 0.6 is 24.4 Å². The Hall–Kier alpha value is -2.00. The summed E-state index contributed by atoms with van der Waals surface area (Å²) >= 11 is 10.3. The van der Waals surface area contributed by atoms with Crippen LogP contribution in [-0.4, -0.2) is 21.7 Å². The largest absolute Gasteiger partial charge is 0.361 e. The zero-order chi connectivity index (χ0) is 18.7. The molecule has 0 fully saturated rings. The summed E-state index contributed by atoms with van der Waals surface area (Å²) < 4.78 is 0. The summed E-state index contributed by atoms with van der Waals surface area (Å²) in [7, 11) is 0. The number of nitrogens with zero attached hydrogens (tertiary/aromatic N) is 1. The Morgan fingerprint density at radius 2 is 1.80 bits per heavy atom. The maximum atomic E-state index is 10.6. The van der Waals surface area contributed by atoms with Crippen molar-refractivity contribution in [2.45, 2.75) is 39.5 Å². The third-order valence-corrected chi connectivity index (χ3v) is 3.99. The Morgan fingerprint density at radius 1 is 1.16 bits per heavy atom. The van der Waals surface area contributed by atoms with Crippen LogP contribution in [0.4, 0.5) is 11.4 Å². The first-order valence-corrected chi connectivity index (χ1v) is 9.09. The number of hydrogen-bond acceptors (Lipinski definition) is 4. The van der Waals surface area contributed by atoms with E-state index >= 15 is 0 Å². The Balaban J connectivity index is 2.24. The SMILES string of the molecule is CCCCC[C@@H](C)CNC(=S)NNC(=S)Nc1ccc([N+](=O)[O-])cc1. The fraction of sp³-hybridized carbons (Fsp3) is 0.500. The number of nitrogens with one attached hydrogen (secondary N) is 4. The molecule has 1 rings (SSSR count). The van der Waals surface area contributed by atoms with Crippen molar-refractivity contribution in [3.05, 3.63) is 34.4 Å². The standard InChI is InChI=1S/C16H25N5O2S2/c1-3-4-5-6-12(2)11-17-15(24)19-20-16(25)18-13-7-9-14(10-8-13)21(22)23/h7-10,12H,3-6,11H2,1-2H3,(H2,17,19,24)(H2,18,20,25)/t12-/m1/s1. The molecule has 1 aromatic rings. The molecule has 4 N–H and O–H groups in total. The number of hydrazine groups is 1. The van der Waals surface area contributed by atoms with E-state index in [1.807, 2.05) is 0 Å². The summed E-state index contributed by atoms with van der Waals surface area (Å²) in [6.45, 7) is 5.19. The van der Waals surface area contributed by atoms with E-state index in [2.05, 4.69) is 35.3 Å². The highest BCUT2D eigenvalue weighted by molar-refractivity contribution is 7.80. The van der Waals surface area contributed by atoms with Gasteiger partial charge in [-0.15, -0.1) is 0 Å². The van der Waals surface area contributed by atoms with Crippen LogP contribution in [0.5, 0.6) is 0 Å². The fourth-order valence-corrected chi connectivity index (χ4v) is 2.40. The molecule has 0 spiro atoms.